The molecule has 1 aliphatic heterocycles. The number of aromatic nitrogens is 3. The van der Waals surface area contributed by atoms with Crippen LogP contribution in [0.4, 0.5) is 0 Å². The molecule has 0 spiro atoms. The fraction of sp³-hybridized carbons (Fsp3) is 0.500. The highest BCUT2D eigenvalue weighted by molar-refractivity contribution is 5.40. The molecule has 0 aromatic carbocycles. The lowest BCUT2D eigenvalue weighted by Gasteiger charge is -2.21. The monoisotopic (exact) mass is 232 g/mol. The Bertz CT molecular complexity index is 516. The quantitative estimate of drug-likeness (QED) is 0.810. The molecule has 2 aromatic rings. The van der Waals surface area contributed by atoms with Gasteiger partial charge in [-0.05, 0) is 44.0 Å². The average molecular weight is 232 g/mol. The van der Waals surface area contributed by atoms with Gasteiger partial charge in [0, 0.05) is 6.42 Å². The fourth-order valence-electron chi connectivity index (χ4n) is 2.41. The second-order valence-electron chi connectivity index (χ2n) is 4.63. The summed E-state index contributed by atoms with van der Waals surface area (Å²) in [6.07, 6.45) is 5.00. The predicted molar refractivity (Wildman–Crippen MR) is 63.9 cm³/mol. The Labute approximate surface area is 99.5 Å². The maximum atomic E-state index is 9.49. The van der Waals surface area contributed by atoms with Crippen LogP contribution in [-0.4, -0.2) is 32.8 Å². The lowest BCUT2D eigenvalue weighted by atomic mass is 9.94. The largest absolute Gasteiger partial charge is 0.506 e. The average Bonchev–Trinajstić information content (AvgIpc) is 2.73. The zero-order valence-electron chi connectivity index (χ0n) is 9.63. The highest BCUT2D eigenvalue weighted by atomic mass is 16.3. The Morgan fingerprint density at radius 1 is 1.29 bits per heavy atom. The highest BCUT2D eigenvalue weighted by Crippen LogP contribution is 2.19. The maximum absolute atomic E-state index is 9.49. The molecule has 1 fully saturated rings. The van der Waals surface area contributed by atoms with Crippen molar-refractivity contribution >= 4 is 5.65 Å². The summed E-state index contributed by atoms with van der Waals surface area (Å²) in [6, 6.07) is 3.42. The van der Waals surface area contributed by atoms with Crippen molar-refractivity contribution in [1.29, 1.82) is 0 Å². The number of aromatic hydroxyl groups is 1. The van der Waals surface area contributed by atoms with Gasteiger partial charge in [0.2, 0.25) is 0 Å². The number of rotatable bonds is 2. The van der Waals surface area contributed by atoms with Gasteiger partial charge in [-0.15, -0.1) is 10.2 Å². The number of fused-ring (bicyclic) bond motifs is 1. The smallest absolute Gasteiger partial charge is 0.161 e. The van der Waals surface area contributed by atoms with Crippen LogP contribution in [0.2, 0.25) is 0 Å². The Hall–Kier alpha value is -1.62. The zero-order valence-corrected chi connectivity index (χ0v) is 9.63. The topological polar surface area (TPSA) is 62.5 Å². The first-order valence-electron chi connectivity index (χ1n) is 6.06. The molecule has 0 bridgehead atoms. The molecule has 1 aliphatic rings. The molecule has 2 aromatic heterocycles. The van der Waals surface area contributed by atoms with Crippen molar-refractivity contribution in [3.63, 3.8) is 0 Å². The number of hydrogen-bond donors (Lipinski definition) is 2. The lowest BCUT2D eigenvalue weighted by molar-refractivity contribution is 0.366. The number of nitrogens with zero attached hydrogens (tertiary/aromatic N) is 3. The van der Waals surface area contributed by atoms with Gasteiger partial charge in [-0.3, -0.25) is 4.40 Å². The third-order valence-corrected chi connectivity index (χ3v) is 3.39. The molecule has 1 saturated heterocycles. The van der Waals surface area contributed by atoms with E-state index in [0.717, 1.165) is 31.0 Å². The second-order valence-corrected chi connectivity index (χ2v) is 4.63. The number of pyridine rings is 1. The van der Waals surface area contributed by atoms with Crippen molar-refractivity contribution in [3.05, 3.63) is 24.2 Å². The van der Waals surface area contributed by atoms with Crippen LogP contribution in [0, 0.1) is 5.92 Å². The van der Waals surface area contributed by atoms with E-state index in [-0.39, 0.29) is 5.75 Å². The van der Waals surface area contributed by atoms with Crippen LogP contribution in [-0.2, 0) is 6.42 Å². The standard InChI is InChI=1S/C12H16N4O/c17-10-1-2-11-14-15-12(16(11)8-10)7-9-3-5-13-6-4-9/h1-2,8-9,13,17H,3-7H2. The highest BCUT2D eigenvalue weighted by Gasteiger charge is 2.16. The van der Waals surface area contributed by atoms with Gasteiger partial charge in [0.25, 0.3) is 0 Å². The van der Waals surface area contributed by atoms with Gasteiger partial charge in [-0.1, -0.05) is 0 Å². The molecular formula is C12H16N4O. The van der Waals surface area contributed by atoms with E-state index in [9.17, 15) is 5.11 Å². The molecule has 0 saturated carbocycles. The van der Waals surface area contributed by atoms with Crippen molar-refractivity contribution in [2.24, 2.45) is 5.92 Å². The molecule has 90 valence electrons. The summed E-state index contributed by atoms with van der Waals surface area (Å²) >= 11 is 0. The van der Waals surface area contributed by atoms with Crippen molar-refractivity contribution < 1.29 is 5.11 Å². The molecule has 17 heavy (non-hydrogen) atoms. The molecule has 2 N–H and O–H groups in total. The summed E-state index contributed by atoms with van der Waals surface area (Å²) in [5.41, 5.74) is 0.798. The van der Waals surface area contributed by atoms with Crippen LogP contribution in [0.3, 0.4) is 0 Å². The first-order chi connectivity index (χ1) is 8.33. The molecule has 0 atom stereocenters. The van der Waals surface area contributed by atoms with Crippen molar-refractivity contribution in [2.75, 3.05) is 13.1 Å². The Morgan fingerprint density at radius 2 is 2.12 bits per heavy atom. The molecule has 0 unspecified atom stereocenters. The minimum atomic E-state index is 0.254. The summed E-state index contributed by atoms with van der Waals surface area (Å²) in [6.45, 7) is 2.18. The number of nitrogens with one attached hydrogen (secondary N) is 1. The van der Waals surface area contributed by atoms with E-state index in [1.54, 1.807) is 18.3 Å². The van der Waals surface area contributed by atoms with Crippen molar-refractivity contribution in [2.45, 2.75) is 19.3 Å². The molecule has 5 nitrogen and oxygen atoms in total. The van der Waals surface area contributed by atoms with Crippen molar-refractivity contribution in [1.82, 2.24) is 19.9 Å². The third-order valence-electron chi connectivity index (χ3n) is 3.39. The summed E-state index contributed by atoms with van der Waals surface area (Å²) in [7, 11) is 0. The Morgan fingerprint density at radius 3 is 2.94 bits per heavy atom. The van der Waals surface area contributed by atoms with Crippen LogP contribution in [0.15, 0.2) is 18.3 Å². The molecule has 0 radical (unpaired) electrons. The van der Waals surface area contributed by atoms with Crippen LogP contribution in [0.5, 0.6) is 5.75 Å². The van der Waals surface area contributed by atoms with Crippen LogP contribution in [0.1, 0.15) is 18.7 Å². The molecule has 5 heteroatoms. The van der Waals surface area contributed by atoms with Crippen molar-refractivity contribution in [3.8, 4) is 5.75 Å². The van der Waals surface area contributed by atoms with Gasteiger partial charge in [-0.2, -0.15) is 0 Å². The Balaban J connectivity index is 1.86. The lowest BCUT2D eigenvalue weighted by Crippen LogP contribution is -2.29. The third kappa shape index (κ3) is 2.10. The molecule has 0 amide bonds. The zero-order chi connectivity index (χ0) is 11.7. The van der Waals surface area contributed by atoms with E-state index in [1.807, 2.05) is 4.40 Å². The molecule has 0 aliphatic carbocycles. The second kappa shape index (κ2) is 4.33. The summed E-state index contributed by atoms with van der Waals surface area (Å²) in [5.74, 6) is 1.87. The predicted octanol–water partition coefficient (Wildman–Crippen LogP) is 0.977. The summed E-state index contributed by atoms with van der Waals surface area (Å²) in [5, 5.41) is 21.2. The number of piperidine rings is 1. The van der Waals surface area contributed by atoms with Crippen LogP contribution in [0.25, 0.3) is 5.65 Å². The van der Waals surface area contributed by atoms with Crippen LogP contribution >= 0.6 is 0 Å². The minimum absolute atomic E-state index is 0.254. The minimum Gasteiger partial charge on any atom is -0.506 e. The van der Waals surface area contributed by atoms with Gasteiger partial charge in [0.1, 0.15) is 11.6 Å². The van der Waals surface area contributed by atoms with Gasteiger partial charge < -0.3 is 10.4 Å². The van der Waals surface area contributed by atoms with Gasteiger partial charge in [0.05, 0.1) is 6.20 Å². The Kier molecular flexibility index (Phi) is 2.68. The van der Waals surface area contributed by atoms with Gasteiger partial charge in [-0.25, -0.2) is 0 Å². The van der Waals surface area contributed by atoms with E-state index in [2.05, 4.69) is 15.5 Å². The SMILES string of the molecule is Oc1ccc2nnc(CC3CCNCC3)n2c1. The van der Waals surface area contributed by atoms with E-state index < -0.39 is 0 Å². The summed E-state index contributed by atoms with van der Waals surface area (Å²) in [4.78, 5) is 0. The summed E-state index contributed by atoms with van der Waals surface area (Å²) < 4.78 is 1.89. The first kappa shape index (κ1) is 10.5. The fourth-order valence-corrected chi connectivity index (χ4v) is 2.41. The first-order valence-corrected chi connectivity index (χ1v) is 6.06. The molecular weight excluding hydrogens is 216 g/mol. The number of hydrogen-bond acceptors (Lipinski definition) is 4. The van der Waals surface area contributed by atoms with E-state index >= 15 is 0 Å². The normalized spacial score (nSPS) is 17.6. The van der Waals surface area contributed by atoms with E-state index in [0.29, 0.717) is 5.92 Å². The molecule has 3 heterocycles. The van der Waals surface area contributed by atoms with E-state index in [1.165, 1.54) is 12.8 Å². The molecule has 3 rings (SSSR count). The van der Waals surface area contributed by atoms with Gasteiger partial charge in [0.15, 0.2) is 5.65 Å². The van der Waals surface area contributed by atoms with E-state index in [4.69, 9.17) is 0 Å². The van der Waals surface area contributed by atoms with Crippen LogP contribution < -0.4 is 5.32 Å². The maximum Gasteiger partial charge on any atom is 0.161 e. The van der Waals surface area contributed by atoms with Gasteiger partial charge >= 0.3 is 0 Å².